The smallest absolute Gasteiger partial charge is 0.332 e. The second-order valence-corrected chi connectivity index (χ2v) is 6.84. The van der Waals surface area contributed by atoms with E-state index in [2.05, 4.69) is 12.1 Å². The van der Waals surface area contributed by atoms with Crippen molar-refractivity contribution in [3.63, 3.8) is 0 Å². The van der Waals surface area contributed by atoms with Crippen LogP contribution in [0.3, 0.4) is 0 Å². The Balaban J connectivity index is 1.86. The van der Waals surface area contributed by atoms with E-state index in [-0.39, 0.29) is 5.92 Å². The summed E-state index contributed by atoms with van der Waals surface area (Å²) in [6, 6.07) is 20.3. The van der Waals surface area contributed by atoms with Gasteiger partial charge in [0.1, 0.15) is 0 Å². The minimum absolute atomic E-state index is 0.0146. The number of hydrogen-bond donors (Lipinski definition) is 1. The molecule has 0 aromatic heterocycles. The lowest BCUT2D eigenvalue weighted by atomic mass is 9.82. The number of aliphatic carboxylic acids is 1. The average molecular weight is 324 g/mol. The van der Waals surface area contributed by atoms with Gasteiger partial charge >= 0.3 is 5.97 Å². The van der Waals surface area contributed by atoms with E-state index in [1.165, 1.54) is 5.56 Å². The van der Waals surface area contributed by atoms with Gasteiger partial charge in [-0.3, -0.25) is 0 Å². The predicted octanol–water partition coefficient (Wildman–Crippen LogP) is 5.23. The number of rotatable bonds is 5. The van der Waals surface area contributed by atoms with Crippen LogP contribution in [0.1, 0.15) is 36.3 Å². The average Bonchev–Trinajstić information content (AvgIpc) is 2.61. The maximum Gasteiger partial charge on any atom is 0.332 e. The molecule has 0 fully saturated rings. The molecule has 0 saturated heterocycles. The Kier molecular flexibility index (Phi) is 5.19. The van der Waals surface area contributed by atoms with Gasteiger partial charge in [-0.1, -0.05) is 60.7 Å². The predicted molar refractivity (Wildman–Crippen MR) is 95.4 cm³/mol. The minimum atomic E-state index is -0.769. The van der Waals surface area contributed by atoms with E-state index in [9.17, 15) is 9.90 Å². The molecule has 118 valence electrons. The maximum absolute atomic E-state index is 11.9. The van der Waals surface area contributed by atoms with Crippen LogP contribution in [0.5, 0.6) is 0 Å². The summed E-state index contributed by atoms with van der Waals surface area (Å²) in [7, 11) is 0. The molecule has 0 amide bonds. The maximum atomic E-state index is 11.9. The highest BCUT2D eigenvalue weighted by atomic mass is 32.2. The summed E-state index contributed by atoms with van der Waals surface area (Å²) in [6.07, 6.45) is 2.84. The van der Waals surface area contributed by atoms with E-state index in [0.717, 1.165) is 35.5 Å². The van der Waals surface area contributed by atoms with Crippen molar-refractivity contribution in [1.82, 2.24) is 0 Å². The highest BCUT2D eigenvalue weighted by Gasteiger charge is 2.29. The van der Waals surface area contributed by atoms with E-state index >= 15 is 0 Å². The number of carboxylic acid groups (broad SMARTS) is 1. The third kappa shape index (κ3) is 3.85. The molecule has 1 atom stereocenters. The first-order chi connectivity index (χ1) is 11.3. The lowest BCUT2D eigenvalue weighted by Gasteiger charge is -2.26. The summed E-state index contributed by atoms with van der Waals surface area (Å²) in [5, 5.41) is 9.77. The summed E-state index contributed by atoms with van der Waals surface area (Å²) in [4.78, 5) is 12.9. The van der Waals surface area contributed by atoms with Crippen LogP contribution in [0, 0.1) is 0 Å². The van der Waals surface area contributed by atoms with Gasteiger partial charge in [-0.05, 0) is 35.3 Å². The zero-order valence-electron chi connectivity index (χ0n) is 12.9. The molecule has 0 aliphatic heterocycles. The van der Waals surface area contributed by atoms with Crippen LogP contribution in [0.15, 0.2) is 71.1 Å². The molecular formula is C20H20O2S. The van der Waals surface area contributed by atoms with Gasteiger partial charge in [-0.25, -0.2) is 4.79 Å². The summed E-state index contributed by atoms with van der Waals surface area (Å²) in [5.74, 6) is 0.0731. The number of allylic oxidation sites excluding steroid dienone is 1. The second-order valence-electron chi connectivity index (χ2n) is 5.77. The normalized spacial score (nSPS) is 18.0. The fraction of sp³-hybridized carbons (Fsp3) is 0.250. The molecule has 1 aliphatic carbocycles. The molecule has 3 rings (SSSR count). The van der Waals surface area contributed by atoms with Gasteiger partial charge in [-0.15, -0.1) is 11.8 Å². The van der Waals surface area contributed by atoms with Crippen LogP contribution in [0.2, 0.25) is 0 Å². The van der Waals surface area contributed by atoms with Gasteiger partial charge in [0, 0.05) is 11.7 Å². The Labute approximate surface area is 141 Å². The van der Waals surface area contributed by atoms with E-state index in [0.29, 0.717) is 5.57 Å². The number of carbonyl (C=O) groups is 1. The standard InChI is InChI=1S/C20H20O2S/c21-20(22)19-17(16-10-5-2-6-11-16)12-7-13-18(19)23-14-15-8-3-1-4-9-15/h1-6,8-11,17H,7,12-14H2,(H,21,22). The number of thioether (sulfide) groups is 1. The summed E-state index contributed by atoms with van der Waals surface area (Å²) in [6.45, 7) is 0. The van der Waals surface area contributed by atoms with Gasteiger partial charge in [0.05, 0.1) is 5.57 Å². The summed E-state index contributed by atoms with van der Waals surface area (Å²) >= 11 is 1.68. The van der Waals surface area contributed by atoms with Crippen molar-refractivity contribution in [2.24, 2.45) is 0 Å². The highest BCUT2D eigenvalue weighted by Crippen LogP contribution is 2.42. The van der Waals surface area contributed by atoms with Gasteiger partial charge < -0.3 is 5.11 Å². The van der Waals surface area contributed by atoms with Crippen molar-refractivity contribution < 1.29 is 9.90 Å². The molecule has 0 radical (unpaired) electrons. The first-order valence-corrected chi connectivity index (χ1v) is 8.92. The zero-order valence-corrected chi connectivity index (χ0v) is 13.8. The minimum Gasteiger partial charge on any atom is -0.478 e. The quantitative estimate of drug-likeness (QED) is 0.818. The molecule has 2 aromatic carbocycles. The van der Waals surface area contributed by atoms with Crippen molar-refractivity contribution in [2.75, 3.05) is 0 Å². The van der Waals surface area contributed by atoms with Crippen LogP contribution >= 0.6 is 11.8 Å². The van der Waals surface area contributed by atoms with Crippen LogP contribution < -0.4 is 0 Å². The van der Waals surface area contributed by atoms with Gasteiger partial charge in [0.15, 0.2) is 0 Å². The highest BCUT2D eigenvalue weighted by molar-refractivity contribution is 8.02. The molecule has 1 unspecified atom stereocenters. The van der Waals surface area contributed by atoms with E-state index in [1.54, 1.807) is 11.8 Å². The Morgan fingerprint density at radius 1 is 1.04 bits per heavy atom. The van der Waals surface area contributed by atoms with E-state index in [4.69, 9.17) is 0 Å². The van der Waals surface area contributed by atoms with Crippen LogP contribution in [0.4, 0.5) is 0 Å². The molecule has 0 bridgehead atoms. The monoisotopic (exact) mass is 324 g/mol. The van der Waals surface area contributed by atoms with E-state index in [1.807, 2.05) is 48.5 Å². The molecule has 0 spiro atoms. The Morgan fingerprint density at radius 3 is 2.35 bits per heavy atom. The second kappa shape index (κ2) is 7.51. The largest absolute Gasteiger partial charge is 0.478 e. The van der Waals surface area contributed by atoms with Crippen molar-refractivity contribution in [3.8, 4) is 0 Å². The summed E-state index contributed by atoms with van der Waals surface area (Å²) in [5.41, 5.74) is 2.95. The molecule has 1 aliphatic rings. The van der Waals surface area contributed by atoms with Gasteiger partial charge in [0.2, 0.25) is 0 Å². The first kappa shape index (κ1) is 15.9. The van der Waals surface area contributed by atoms with Crippen molar-refractivity contribution in [3.05, 3.63) is 82.3 Å². The molecule has 3 heteroatoms. The van der Waals surface area contributed by atoms with Crippen molar-refractivity contribution >= 4 is 17.7 Å². The molecule has 23 heavy (non-hydrogen) atoms. The number of carboxylic acids is 1. The SMILES string of the molecule is O=C(O)C1=C(SCc2ccccc2)CCCC1c1ccccc1. The Morgan fingerprint density at radius 2 is 1.70 bits per heavy atom. The third-order valence-electron chi connectivity index (χ3n) is 4.23. The van der Waals surface area contributed by atoms with E-state index < -0.39 is 5.97 Å². The molecule has 0 heterocycles. The zero-order chi connectivity index (χ0) is 16.1. The lowest BCUT2D eigenvalue weighted by molar-refractivity contribution is -0.133. The Bertz CT molecular complexity index is 692. The first-order valence-electron chi connectivity index (χ1n) is 7.93. The lowest BCUT2D eigenvalue weighted by Crippen LogP contribution is -2.17. The Hall–Kier alpha value is -2.00. The fourth-order valence-electron chi connectivity index (χ4n) is 3.12. The van der Waals surface area contributed by atoms with Crippen LogP contribution in [-0.4, -0.2) is 11.1 Å². The summed E-state index contributed by atoms with van der Waals surface area (Å²) < 4.78 is 0. The van der Waals surface area contributed by atoms with Gasteiger partial charge in [-0.2, -0.15) is 0 Å². The van der Waals surface area contributed by atoms with Crippen molar-refractivity contribution in [1.29, 1.82) is 0 Å². The molecule has 1 N–H and O–H groups in total. The third-order valence-corrected chi connectivity index (χ3v) is 5.48. The van der Waals surface area contributed by atoms with Crippen LogP contribution in [-0.2, 0) is 10.5 Å². The van der Waals surface area contributed by atoms with Crippen LogP contribution in [0.25, 0.3) is 0 Å². The molecule has 0 saturated carbocycles. The molecular weight excluding hydrogens is 304 g/mol. The molecule has 2 nitrogen and oxygen atoms in total. The topological polar surface area (TPSA) is 37.3 Å². The molecule has 2 aromatic rings. The fourth-order valence-corrected chi connectivity index (χ4v) is 4.33. The van der Waals surface area contributed by atoms with Gasteiger partial charge in [0.25, 0.3) is 0 Å². The number of hydrogen-bond acceptors (Lipinski definition) is 2. The number of benzene rings is 2. The van der Waals surface area contributed by atoms with Crippen molar-refractivity contribution in [2.45, 2.75) is 30.9 Å².